The first-order valence-electron chi connectivity index (χ1n) is 4.19. The fourth-order valence-corrected chi connectivity index (χ4v) is 1.47. The van der Waals surface area contributed by atoms with E-state index in [4.69, 9.17) is 11.6 Å². The standard InChI is InChI=1S/C9H8ClF2NO3/c1-16-9(15)4-2-6(14)13-5(3-10)7(4)8(11)12/h2,8H,3H2,1H3,(H,13,14). The normalized spacial score (nSPS) is 10.6. The van der Waals surface area contributed by atoms with Crippen LogP contribution in [0, 0.1) is 0 Å². The van der Waals surface area contributed by atoms with Gasteiger partial charge in [-0.1, -0.05) is 0 Å². The summed E-state index contributed by atoms with van der Waals surface area (Å²) >= 11 is 5.41. The van der Waals surface area contributed by atoms with Crippen LogP contribution in [0.1, 0.15) is 28.0 Å². The number of nitrogens with one attached hydrogen (secondary N) is 1. The van der Waals surface area contributed by atoms with Crippen molar-refractivity contribution in [2.24, 2.45) is 0 Å². The minimum atomic E-state index is -2.92. The number of hydrogen-bond donors (Lipinski definition) is 1. The summed E-state index contributed by atoms with van der Waals surface area (Å²) in [6, 6.07) is 0.767. The number of pyridine rings is 1. The third-order valence-corrected chi connectivity index (χ3v) is 2.19. The molecule has 0 radical (unpaired) electrons. The molecule has 0 saturated heterocycles. The molecule has 0 amide bonds. The number of alkyl halides is 3. The maximum Gasteiger partial charge on any atom is 0.338 e. The van der Waals surface area contributed by atoms with Gasteiger partial charge < -0.3 is 9.72 Å². The molecule has 0 saturated carbocycles. The van der Waals surface area contributed by atoms with Gasteiger partial charge in [0.1, 0.15) is 0 Å². The lowest BCUT2D eigenvalue weighted by atomic mass is 10.1. The zero-order valence-corrected chi connectivity index (χ0v) is 8.98. The van der Waals surface area contributed by atoms with Gasteiger partial charge in [0.2, 0.25) is 5.56 Å². The number of ether oxygens (including phenoxy) is 1. The van der Waals surface area contributed by atoms with Crippen LogP contribution in [-0.4, -0.2) is 18.1 Å². The van der Waals surface area contributed by atoms with Gasteiger partial charge in [0.05, 0.1) is 24.1 Å². The zero-order valence-electron chi connectivity index (χ0n) is 8.22. The Morgan fingerprint density at radius 1 is 1.62 bits per heavy atom. The molecule has 0 aliphatic rings. The van der Waals surface area contributed by atoms with Crippen LogP contribution >= 0.6 is 11.6 Å². The first-order chi connectivity index (χ1) is 7.51. The molecule has 0 spiro atoms. The topological polar surface area (TPSA) is 59.2 Å². The molecular formula is C9H8ClF2NO3. The molecular weight excluding hydrogens is 244 g/mol. The highest BCUT2D eigenvalue weighted by atomic mass is 35.5. The Morgan fingerprint density at radius 2 is 2.25 bits per heavy atom. The van der Waals surface area contributed by atoms with Crippen molar-refractivity contribution < 1.29 is 18.3 Å². The third-order valence-electron chi connectivity index (χ3n) is 1.92. The number of esters is 1. The fourth-order valence-electron chi connectivity index (χ4n) is 1.26. The SMILES string of the molecule is COC(=O)c1cc(=O)[nH]c(CCl)c1C(F)F. The number of carbonyl (C=O) groups excluding carboxylic acids is 1. The average Bonchev–Trinajstić information content (AvgIpc) is 2.26. The van der Waals surface area contributed by atoms with E-state index in [0.717, 1.165) is 13.2 Å². The average molecular weight is 252 g/mol. The molecule has 1 N–H and O–H groups in total. The Balaban J connectivity index is 3.50. The van der Waals surface area contributed by atoms with Crippen molar-refractivity contribution in [2.75, 3.05) is 7.11 Å². The Labute approximate surface area is 94.2 Å². The Hall–Kier alpha value is -1.43. The van der Waals surface area contributed by atoms with Gasteiger partial charge in [-0.25, -0.2) is 13.6 Å². The molecule has 7 heteroatoms. The summed E-state index contributed by atoms with van der Waals surface area (Å²) in [5.41, 5.74) is -1.91. The van der Waals surface area contributed by atoms with Gasteiger partial charge in [-0.15, -0.1) is 11.6 Å². The molecule has 0 bridgehead atoms. The van der Waals surface area contributed by atoms with Crippen LogP contribution in [0.25, 0.3) is 0 Å². The minimum Gasteiger partial charge on any atom is -0.465 e. The van der Waals surface area contributed by atoms with Crippen molar-refractivity contribution in [2.45, 2.75) is 12.3 Å². The molecule has 0 aliphatic heterocycles. The van der Waals surface area contributed by atoms with Gasteiger partial charge in [-0.3, -0.25) is 4.79 Å². The van der Waals surface area contributed by atoms with E-state index < -0.39 is 29.1 Å². The number of hydrogen-bond acceptors (Lipinski definition) is 3. The molecule has 1 rings (SSSR count). The molecule has 0 aliphatic carbocycles. The second kappa shape index (κ2) is 5.07. The zero-order chi connectivity index (χ0) is 12.3. The van der Waals surface area contributed by atoms with Crippen LogP contribution in [0.15, 0.2) is 10.9 Å². The summed E-state index contributed by atoms with van der Waals surface area (Å²) in [4.78, 5) is 24.5. The molecule has 4 nitrogen and oxygen atoms in total. The molecule has 1 aromatic rings. The third kappa shape index (κ3) is 2.38. The lowest BCUT2D eigenvalue weighted by Crippen LogP contribution is -2.17. The lowest BCUT2D eigenvalue weighted by molar-refractivity contribution is 0.0588. The number of halogens is 3. The van der Waals surface area contributed by atoms with Crippen molar-refractivity contribution in [1.29, 1.82) is 0 Å². The second-order valence-electron chi connectivity index (χ2n) is 2.87. The number of H-pyrrole nitrogens is 1. The van der Waals surface area contributed by atoms with Gasteiger partial charge in [-0.05, 0) is 0 Å². The Morgan fingerprint density at radius 3 is 2.69 bits per heavy atom. The van der Waals surface area contributed by atoms with E-state index in [2.05, 4.69) is 9.72 Å². The highest BCUT2D eigenvalue weighted by Gasteiger charge is 2.23. The first kappa shape index (κ1) is 12.6. The van der Waals surface area contributed by atoms with Crippen molar-refractivity contribution in [1.82, 2.24) is 4.98 Å². The van der Waals surface area contributed by atoms with Gasteiger partial charge in [0.25, 0.3) is 6.43 Å². The number of aromatic nitrogens is 1. The lowest BCUT2D eigenvalue weighted by Gasteiger charge is -2.10. The minimum absolute atomic E-state index is 0.176. The Kier molecular flexibility index (Phi) is 4.00. The maximum absolute atomic E-state index is 12.7. The Bertz CT molecular complexity index is 459. The van der Waals surface area contributed by atoms with E-state index in [9.17, 15) is 18.4 Å². The smallest absolute Gasteiger partial charge is 0.338 e. The van der Waals surface area contributed by atoms with Crippen LogP contribution in [0.3, 0.4) is 0 Å². The predicted octanol–water partition coefficient (Wildman–Crippen LogP) is 1.84. The van der Waals surface area contributed by atoms with Gasteiger partial charge in [0.15, 0.2) is 0 Å². The van der Waals surface area contributed by atoms with Crippen molar-refractivity contribution in [3.8, 4) is 0 Å². The number of methoxy groups -OCH3 is 1. The molecule has 1 heterocycles. The molecule has 16 heavy (non-hydrogen) atoms. The summed E-state index contributed by atoms with van der Waals surface area (Å²) < 4.78 is 29.7. The molecule has 0 unspecified atom stereocenters. The highest BCUT2D eigenvalue weighted by Crippen LogP contribution is 2.26. The first-order valence-corrected chi connectivity index (χ1v) is 4.73. The van der Waals surface area contributed by atoms with Crippen molar-refractivity contribution >= 4 is 17.6 Å². The predicted molar refractivity (Wildman–Crippen MR) is 52.9 cm³/mol. The summed E-state index contributed by atoms with van der Waals surface area (Å²) in [6.07, 6.45) is -2.92. The van der Waals surface area contributed by atoms with E-state index in [0.29, 0.717) is 0 Å². The summed E-state index contributed by atoms with van der Waals surface area (Å²) in [6.45, 7) is 0. The van der Waals surface area contributed by atoms with Crippen LogP contribution < -0.4 is 5.56 Å². The second-order valence-corrected chi connectivity index (χ2v) is 3.13. The van der Waals surface area contributed by atoms with Gasteiger partial charge in [0, 0.05) is 11.8 Å². The van der Waals surface area contributed by atoms with E-state index in [1.165, 1.54) is 0 Å². The largest absolute Gasteiger partial charge is 0.465 e. The summed E-state index contributed by atoms with van der Waals surface area (Å²) in [5.74, 6) is -1.31. The quantitative estimate of drug-likeness (QED) is 0.659. The van der Waals surface area contributed by atoms with Gasteiger partial charge >= 0.3 is 5.97 Å². The molecule has 1 aromatic heterocycles. The van der Waals surface area contributed by atoms with E-state index >= 15 is 0 Å². The van der Waals surface area contributed by atoms with E-state index in [-0.39, 0.29) is 11.6 Å². The summed E-state index contributed by atoms with van der Waals surface area (Å²) in [7, 11) is 1.04. The van der Waals surface area contributed by atoms with Crippen LogP contribution in [0.4, 0.5) is 8.78 Å². The van der Waals surface area contributed by atoms with Crippen molar-refractivity contribution in [3.63, 3.8) is 0 Å². The van der Waals surface area contributed by atoms with Gasteiger partial charge in [-0.2, -0.15) is 0 Å². The van der Waals surface area contributed by atoms with E-state index in [1.54, 1.807) is 0 Å². The monoisotopic (exact) mass is 251 g/mol. The van der Waals surface area contributed by atoms with Crippen LogP contribution in [0.2, 0.25) is 0 Å². The van der Waals surface area contributed by atoms with Crippen LogP contribution in [0.5, 0.6) is 0 Å². The number of rotatable bonds is 3. The summed E-state index contributed by atoms with van der Waals surface area (Å²) in [5, 5.41) is 0. The molecule has 0 fully saturated rings. The van der Waals surface area contributed by atoms with E-state index in [1.807, 2.05) is 0 Å². The molecule has 0 atom stereocenters. The number of carbonyl (C=O) groups is 1. The number of aromatic amines is 1. The highest BCUT2D eigenvalue weighted by molar-refractivity contribution is 6.17. The van der Waals surface area contributed by atoms with Crippen LogP contribution in [-0.2, 0) is 10.6 Å². The molecule has 0 aromatic carbocycles. The van der Waals surface area contributed by atoms with Crippen molar-refractivity contribution in [3.05, 3.63) is 33.2 Å². The molecule has 88 valence electrons. The maximum atomic E-state index is 12.7. The fraction of sp³-hybridized carbons (Fsp3) is 0.333.